The van der Waals surface area contributed by atoms with Gasteiger partial charge in [-0.25, -0.2) is 4.31 Å². The van der Waals surface area contributed by atoms with E-state index in [-0.39, 0.29) is 17.4 Å². The molecule has 1 amide bonds. The van der Waals surface area contributed by atoms with E-state index >= 15 is 0 Å². The lowest BCUT2D eigenvalue weighted by Crippen LogP contribution is -2.46. The van der Waals surface area contributed by atoms with Crippen molar-refractivity contribution in [3.8, 4) is 0 Å². The van der Waals surface area contributed by atoms with Gasteiger partial charge in [-0.05, 0) is 79.9 Å². The summed E-state index contributed by atoms with van der Waals surface area (Å²) in [6.07, 6.45) is 3.62. The van der Waals surface area contributed by atoms with Crippen LogP contribution in [0.3, 0.4) is 0 Å². The molecule has 1 aliphatic rings. The lowest BCUT2D eigenvalue weighted by atomic mass is 9.77. The van der Waals surface area contributed by atoms with Gasteiger partial charge in [0.1, 0.15) is 0 Å². The number of nitrogens with zero attached hydrogens (tertiary/aromatic N) is 2. The van der Waals surface area contributed by atoms with Crippen LogP contribution < -0.4 is 5.32 Å². The number of hydrogen-bond acceptors (Lipinski definition) is 5. The topological polar surface area (TPSA) is 35.6 Å². The van der Waals surface area contributed by atoms with Crippen LogP contribution in [0.1, 0.15) is 42.9 Å². The van der Waals surface area contributed by atoms with E-state index < -0.39 is 0 Å². The Balaban J connectivity index is 1.30. The molecule has 0 spiro atoms. The summed E-state index contributed by atoms with van der Waals surface area (Å²) in [5, 5.41) is 5.41. The van der Waals surface area contributed by atoms with Crippen LogP contribution in [0.15, 0.2) is 76.3 Å². The Hall–Kier alpha value is -2.12. The molecule has 0 radical (unpaired) electrons. The quantitative estimate of drug-likeness (QED) is 0.306. The zero-order valence-corrected chi connectivity index (χ0v) is 23.4. The number of rotatable bonds is 11. The van der Waals surface area contributed by atoms with Gasteiger partial charge in [-0.1, -0.05) is 67.6 Å². The van der Waals surface area contributed by atoms with Gasteiger partial charge in [0.25, 0.3) is 0 Å². The first-order valence-electron chi connectivity index (χ1n) is 13.0. The predicted octanol–water partition coefficient (Wildman–Crippen LogP) is 6.17. The molecule has 1 fully saturated rings. The maximum atomic E-state index is 12.5. The van der Waals surface area contributed by atoms with Gasteiger partial charge in [0, 0.05) is 31.1 Å². The Kier molecular flexibility index (Phi) is 9.66. The first-order valence-corrected chi connectivity index (χ1v) is 14.6. The van der Waals surface area contributed by atoms with Crippen LogP contribution in [-0.4, -0.2) is 54.4 Å². The van der Waals surface area contributed by atoms with Gasteiger partial charge in [0.15, 0.2) is 0 Å². The number of carbonyl (C=O) groups excluding carboxylic acids is 1. The normalized spacial score (nSPS) is 16.7. The Morgan fingerprint density at radius 2 is 1.81 bits per heavy atom. The number of thiophene rings is 1. The van der Waals surface area contributed by atoms with Crippen molar-refractivity contribution in [1.82, 2.24) is 14.5 Å². The molecule has 3 aromatic rings. The van der Waals surface area contributed by atoms with Crippen LogP contribution in [-0.2, 0) is 16.6 Å². The van der Waals surface area contributed by atoms with E-state index in [0.717, 1.165) is 51.0 Å². The minimum atomic E-state index is 0.0606. The average molecular weight is 522 g/mol. The van der Waals surface area contributed by atoms with Crippen molar-refractivity contribution in [3.63, 3.8) is 0 Å². The van der Waals surface area contributed by atoms with Crippen LogP contribution in [0.2, 0.25) is 0 Å². The molecule has 1 saturated heterocycles. The Morgan fingerprint density at radius 3 is 2.50 bits per heavy atom. The molecule has 2 aromatic carbocycles. The Labute approximate surface area is 225 Å². The minimum Gasteiger partial charge on any atom is -0.353 e. The SMILES string of the molecule is Cc1ccccc1C(C)(CCN1CCC(NC(=O)Cc2ccccc2)CC1)CN(C)Sc1cccs1. The fourth-order valence-electron chi connectivity index (χ4n) is 5.31. The number of hydrogen-bond donors (Lipinski definition) is 1. The highest BCUT2D eigenvalue weighted by molar-refractivity contribution is 7.98. The first-order chi connectivity index (χ1) is 17.4. The Morgan fingerprint density at radius 1 is 1.08 bits per heavy atom. The summed E-state index contributed by atoms with van der Waals surface area (Å²) in [4.78, 5) is 15.1. The smallest absolute Gasteiger partial charge is 0.224 e. The monoisotopic (exact) mass is 521 g/mol. The molecule has 1 aromatic heterocycles. The second-order valence-electron chi connectivity index (χ2n) is 10.3. The maximum absolute atomic E-state index is 12.5. The van der Waals surface area contributed by atoms with E-state index in [4.69, 9.17) is 0 Å². The number of benzene rings is 2. The number of piperidine rings is 1. The van der Waals surface area contributed by atoms with Crippen LogP contribution in [0, 0.1) is 6.92 Å². The molecular weight excluding hydrogens is 482 g/mol. The van der Waals surface area contributed by atoms with Crippen molar-refractivity contribution >= 4 is 29.2 Å². The highest BCUT2D eigenvalue weighted by Crippen LogP contribution is 2.35. The summed E-state index contributed by atoms with van der Waals surface area (Å²) in [6.45, 7) is 8.82. The molecule has 2 heterocycles. The third kappa shape index (κ3) is 7.69. The van der Waals surface area contributed by atoms with Gasteiger partial charge in [-0.2, -0.15) is 0 Å². The second kappa shape index (κ2) is 12.9. The molecule has 192 valence electrons. The van der Waals surface area contributed by atoms with Gasteiger partial charge in [-0.3, -0.25) is 4.79 Å². The van der Waals surface area contributed by atoms with Gasteiger partial charge >= 0.3 is 0 Å². The van der Waals surface area contributed by atoms with Gasteiger partial charge in [0.2, 0.25) is 5.91 Å². The van der Waals surface area contributed by atoms with Crippen molar-refractivity contribution in [2.75, 3.05) is 33.2 Å². The van der Waals surface area contributed by atoms with Crippen molar-refractivity contribution in [2.24, 2.45) is 0 Å². The van der Waals surface area contributed by atoms with E-state index in [1.807, 2.05) is 42.3 Å². The zero-order chi connectivity index (χ0) is 25.4. The Bertz CT molecular complexity index is 1080. The van der Waals surface area contributed by atoms with E-state index in [2.05, 4.69) is 77.2 Å². The number of likely N-dealkylation sites (tertiary alicyclic amines) is 1. The highest BCUT2D eigenvalue weighted by Gasteiger charge is 2.31. The average Bonchev–Trinajstić information content (AvgIpc) is 3.37. The minimum absolute atomic E-state index is 0.0606. The number of amides is 1. The number of nitrogens with one attached hydrogen (secondary N) is 1. The fourth-order valence-corrected chi connectivity index (χ4v) is 7.27. The van der Waals surface area contributed by atoms with Crippen LogP contribution >= 0.6 is 23.3 Å². The number of likely N-dealkylation sites (N-methyl/N-ethyl adjacent to an activating group) is 1. The molecule has 1 atom stereocenters. The standard InChI is InChI=1S/C30H39N3OS2/c1-24-10-7-8-13-27(24)30(2,23-32(3)36-29-14-9-21-35-29)17-20-33-18-15-26(16-19-33)31-28(34)22-25-11-5-4-6-12-25/h4-14,21,26H,15-20,22-23H2,1-3H3,(H,31,34). The molecule has 1 unspecified atom stereocenters. The molecule has 1 N–H and O–H groups in total. The van der Waals surface area contributed by atoms with Crippen molar-refractivity contribution < 1.29 is 4.79 Å². The molecule has 0 bridgehead atoms. The maximum Gasteiger partial charge on any atom is 0.224 e. The van der Waals surface area contributed by atoms with Crippen molar-refractivity contribution in [3.05, 3.63) is 88.8 Å². The summed E-state index contributed by atoms with van der Waals surface area (Å²) in [6, 6.07) is 23.5. The first kappa shape index (κ1) is 26.9. The molecule has 0 saturated carbocycles. The number of aryl methyl sites for hydroxylation is 1. The molecule has 4 rings (SSSR count). The number of carbonyl (C=O) groups is 1. The van der Waals surface area contributed by atoms with Crippen LogP contribution in [0.4, 0.5) is 0 Å². The lowest BCUT2D eigenvalue weighted by Gasteiger charge is -2.38. The van der Waals surface area contributed by atoms with Gasteiger partial charge < -0.3 is 10.2 Å². The summed E-state index contributed by atoms with van der Waals surface area (Å²) < 4.78 is 3.73. The van der Waals surface area contributed by atoms with Crippen LogP contribution in [0.5, 0.6) is 0 Å². The van der Waals surface area contributed by atoms with Gasteiger partial charge in [-0.15, -0.1) is 11.3 Å². The van der Waals surface area contributed by atoms with Crippen LogP contribution in [0.25, 0.3) is 0 Å². The molecule has 36 heavy (non-hydrogen) atoms. The second-order valence-corrected chi connectivity index (χ2v) is 12.7. The molecule has 4 nitrogen and oxygen atoms in total. The van der Waals surface area contributed by atoms with E-state index in [9.17, 15) is 4.79 Å². The fraction of sp³-hybridized carbons (Fsp3) is 0.433. The summed E-state index contributed by atoms with van der Waals surface area (Å²) in [7, 11) is 2.21. The van der Waals surface area contributed by atoms with E-state index in [0.29, 0.717) is 6.42 Å². The summed E-state index contributed by atoms with van der Waals surface area (Å²) in [5.74, 6) is 0.137. The van der Waals surface area contributed by atoms with Crippen molar-refractivity contribution in [1.29, 1.82) is 0 Å². The lowest BCUT2D eigenvalue weighted by molar-refractivity contribution is -0.121. The summed E-state index contributed by atoms with van der Waals surface area (Å²) >= 11 is 3.64. The zero-order valence-electron chi connectivity index (χ0n) is 21.8. The largest absolute Gasteiger partial charge is 0.353 e. The molecular formula is C30H39N3OS2. The highest BCUT2D eigenvalue weighted by atomic mass is 32.2. The third-order valence-electron chi connectivity index (χ3n) is 7.25. The molecule has 6 heteroatoms. The molecule has 1 aliphatic heterocycles. The van der Waals surface area contributed by atoms with E-state index in [1.165, 1.54) is 15.3 Å². The third-order valence-corrected chi connectivity index (χ3v) is 9.18. The van der Waals surface area contributed by atoms with Gasteiger partial charge in [0.05, 0.1) is 10.6 Å². The van der Waals surface area contributed by atoms with Crippen molar-refractivity contribution in [2.45, 2.75) is 55.2 Å². The predicted molar refractivity (Wildman–Crippen MR) is 154 cm³/mol. The van der Waals surface area contributed by atoms with E-state index in [1.54, 1.807) is 11.3 Å². The summed E-state index contributed by atoms with van der Waals surface area (Å²) in [5.41, 5.74) is 3.96. The molecule has 0 aliphatic carbocycles.